The number of nitrogens with zero attached hydrogens (tertiary/aromatic N) is 2. The molecule has 1 heterocycles. The van der Waals surface area contributed by atoms with Crippen LogP contribution >= 0.6 is 0 Å². The first-order valence-electron chi connectivity index (χ1n) is 13.1. The van der Waals surface area contributed by atoms with Crippen molar-refractivity contribution in [2.45, 2.75) is 18.8 Å². The number of aromatic hydroxyl groups is 2. The monoisotopic (exact) mass is 520 g/mol. The van der Waals surface area contributed by atoms with Crippen molar-refractivity contribution in [2.75, 3.05) is 53.5 Å². The van der Waals surface area contributed by atoms with Crippen LogP contribution in [0.15, 0.2) is 66.7 Å². The Hall–Kier alpha value is -3.26. The fourth-order valence-corrected chi connectivity index (χ4v) is 5.47. The number of carbonyl (C=O) groups excluding carboxylic acids is 1. The molecule has 0 unspecified atom stereocenters. The van der Waals surface area contributed by atoms with Crippen molar-refractivity contribution in [1.82, 2.24) is 9.80 Å². The minimum Gasteiger partial charge on any atom is -0.508 e. The van der Waals surface area contributed by atoms with E-state index in [1.54, 1.807) is 49.4 Å². The van der Waals surface area contributed by atoms with Crippen molar-refractivity contribution in [2.24, 2.45) is 5.92 Å². The summed E-state index contributed by atoms with van der Waals surface area (Å²) in [4.78, 5) is 18.3. The van der Waals surface area contributed by atoms with Gasteiger partial charge in [0.15, 0.2) is 5.78 Å². The maximum Gasteiger partial charge on any atom is 0.167 e. The molecule has 0 aromatic heterocycles. The topological polar surface area (TPSA) is 73.2 Å². The van der Waals surface area contributed by atoms with Crippen LogP contribution in [0.2, 0.25) is 0 Å². The third kappa shape index (κ3) is 6.59. The van der Waals surface area contributed by atoms with Gasteiger partial charge in [0.25, 0.3) is 0 Å². The highest BCUT2D eigenvalue weighted by molar-refractivity contribution is 5.99. The molecule has 1 fully saturated rings. The molecule has 1 aliphatic heterocycles. The van der Waals surface area contributed by atoms with Gasteiger partial charge >= 0.3 is 0 Å². The average Bonchev–Trinajstić information content (AvgIpc) is 2.89. The van der Waals surface area contributed by atoms with Gasteiger partial charge in [-0.1, -0.05) is 36.4 Å². The number of benzene rings is 3. The number of likely N-dealkylation sites (N-methyl/N-ethyl adjacent to an activating group) is 1. The van der Waals surface area contributed by atoms with Gasteiger partial charge in [0, 0.05) is 49.5 Å². The zero-order valence-corrected chi connectivity index (χ0v) is 22.3. The van der Waals surface area contributed by atoms with E-state index < -0.39 is 5.92 Å². The van der Waals surface area contributed by atoms with Crippen LogP contribution in [-0.4, -0.2) is 79.3 Å². The third-order valence-electron chi connectivity index (χ3n) is 7.45. The number of halogens is 1. The van der Waals surface area contributed by atoms with Crippen LogP contribution < -0.4 is 0 Å². The van der Waals surface area contributed by atoms with E-state index in [0.29, 0.717) is 44.0 Å². The Morgan fingerprint density at radius 3 is 2.42 bits per heavy atom. The van der Waals surface area contributed by atoms with Gasteiger partial charge in [0.1, 0.15) is 17.3 Å². The van der Waals surface area contributed by atoms with Crippen LogP contribution in [0.3, 0.4) is 0 Å². The number of phenols is 2. The number of piperidine rings is 1. The summed E-state index contributed by atoms with van der Waals surface area (Å²) >= 11 is 0. The van der Waals surface area contributed by atoms with Crippen molar-refractivity contribution >= 4 is 5.78 Å². The fourth-order valence-electron chi connectivity index (χ4n) is 5.47. The Kier molecular flexibility index (Phi) is 9.15. The zero-order valence-electron chi connectivity index (χ0n) is 22.3. The Balaban J connectivity index is 1.74. The van der Waals surface area contributed by atoms with E-state index in [1.165, 1.54) is 12.1 Å². The highest BCUT2D eigenvalue weighted by Crippen LogP contribution is 2.46. The summed E-state index contributed by atoms with van der Waals surface area (Å²) in [6.07, 6.45) is 0. The fraction of sp³-hybridized carbons (Fsp3) is 0.387. The number of rotatable bonds is 10. The van der Waals surface area contributed by atoms with Gasteiger partial charge in [0.2, 0.25) is 0 Å². The van der Waals surface area contributed by atoms with E-state index in [2.05, 4.69) is 9.80 Å². The lowest BCUT2D eigenvalue weighted by Gasteiger charge is -2.44. The van der Waals surface area contributed by atoms with Gasteiger partial charge in [0.05, 0.1) is 13.2 Å². The number of likely N-dealkylation sites (tertiary alicyclic amines) is 1. The molecule has 38 heavy (non-hydrogen) atoms. The number of phenolic OH excluding ortho intramolecular Hbond substituents is 2. The number of hydrogen-bond acceptors (Lipinski definition) is 6. The summed E-state index contributed by atoms with van der Waals surface area (Å²) in [6.45, 7) is 5.47. The summed E-state index contributed by atoms with van der Waals surface area (Å²) in [5, 5.41) is 20.4. The van der Waals surface area contributed by atoms with Crippen molar-refractivity contribution < 1.29 is 24.1 Å². The second kappa shape index (κ2) is 12.5. The Morgan fingerprint density at radius 2 is 1.71 bits per heavy atom. The van der Waals surface area contributed by atoms with E-state index >= 15 is 0 Å². The molecule has 0 amide bonds. The van der Waals surface area contributed by atoms with Crippen molar-refractivity contribution in [3.05, 3.63) is 94.8 Å². The number of ether oxygens (including phenoxy) is 1. The van der Waals surface area contributed by atoms with Gasteiger partial charge in [-0.05, 0) is 68.0 Å². The molecule has 2 N–H and O–H groups in total. The second-order valence-corrected chi connectivity index (χ2v) is 10.4. The third-order valence-corrected chi connectivity index (χ3v) is 7.45. The van der Waals surface area contributed by atoms with Crippen LogP contribution in [0.1, 0.15) is 38.9 Å². The number of Topliss-reactive ketones (excluding diaryl/α,β-unsaturated/α-hetero) is 1. The van der Waals surface area contributed by atoms with Gasteiger partial charge < -0.3 is 19.8 Å². The first kappa shape index (κ1) is 27.8. The minimum absolute atomic E-state index is 0.0285. The Labute approximate surface area is 224 Å². The minimum atomic E-state index is -0.500. The maximum absolute atomic E-state index is 14.8. The van der Waals surface area contributed by atoms with E-state index in [1.807, 2.05) is 26.2 Å². The summed E-state index contributed by atoms with van der Waals surface area (Å²) in [6, 6.07) is 18.6. The van der Waals surface area contributed by atoms with Gasteiger partial charge in [-0.25, -0.2) is 4.39 Å². The van der Waals surface area contributed by atoms with E-state index in [0.717, 1.165) is 17.7 Å². The number of carbonyl (C=O) groups is 1. The van der Waals surface area contributed by atoms with Gasteiger partial charge in [-0.15, -0.1) is 0 Å². The lowest BCUT2D eigenvalue weighted by Crippen LogP contribution is -2.48. The molecule has 1 saturated heterocycles. The van der Waals surface area contributed by atoms with Crippen molar-refractivity contribution in [3.8, 4) is 11.5 Å². The predicted octanol–water partition coefficient (Wildman–Crippen LogP) is 4.81. The summed E-state index contributed by atoms with van der Waals surface area (Å²) in [7, 11) is 4.00. The first-order chi connectivity index (χ1) is 18.2. The van der Waals surface area contributed by atoms with Crippen molar-refractivity contribution in [1.29, 1.82) is 0 Å². The average molecular weight is 521 g/mol. The Morgan fingerprint density at radius 1 is 1.00 bits per heavy atom. The van der Waals surface area contributed by atoms with E-state index in [4.69, 9.17) is 4.74 Å². The molecule has 0 bridgehead atoms. The quantitative estimate of drug-likeness (QED) is 0.295. The predicted molar refractivity (Wildman–Crippen MR) is 146 cm³/mol. The normalized spacial score (nSPS) is 20.1. The molecule has 1 aliphatic rings. The molecule has 3 aromatic rings. The second-order valence-electron chi connectivity index (χ2n) is 10.4. The zero-order chi connectivity index (χ0) is 27.2. The number of hydrogen-bond donors (Lipinski definition) is 2. The summed E-state index contributed by atoms with van der Waals surface area (Å²) < 4.78 is 20.7. The largest absolute Gasteiger partial charge is 0.508 e. The lowest BCUT2D eigenvalue weighted by molar-refractivity contribution is 0.0561. The van der Waals surface area contributed by atoms with Crippen LogP contribution in [-0.2, 0) is 4.74 Å². The van der Waals surface area contributed by atoms with Gasteiger partial charge in [-0.3, -0.25) is 9.69 Å². The standard InChI is InChI=1S/C31H37FN2O4/c1-21-26(11-6-12-29(21)32)30-27(22-7-4-9-24(35)17-22)19-34(14-16-38-15-13-33(2)3)20-28(30)31(37)23-8-5-10-25(36)18-23/h4-12,17-18,27-28,30,35-36H,13-16,19-20H2,1-3H3/t27-,28+,30+/m0/s1. The molecule has 4 rings (SSSR count). The molecule has 3 atom stereocenters. The van der Waals surface area contributed by atoms with Crippen LogP contribution in [0.4, 0.5) is 4.39 Å². The molecule has 0 radical (unpaired) electrons. The summed E-state index contributed by atoms with van der Waals surface area (Å²) in [5.74, 6) is -1.23. The molecule has 6 nitrogen and oxygen atoms in total. The molecule has 7 heteroatoms. The Bertz CT molecular complexity index is 1250. The van der Waals surface area contributed by atoms with Crippen LogP contribution in [0.5, 0.6) is 11.5 Å². The first-order valence-corrected chi connectivity index (χ1v) is 13.1. The van der Waals surface area contributed by atoms with Crippen LogP contribution in [0, 0.1) is 18.7 Å². The summed E-state index contributed by atoms with van der Waals surface area (Å²) in [5.41, 5.74) is 2.63. The van der Waals surface area contributed by atoms with E-state index in [-0.39, 0.29) is 34.9 Å². The van der Waals surface area contributed by atoms with Crippen LogP contribution in [0.25, 0.3) is 0 Å². The number of ketones is 1. The molecular formula is C31H37FN2O4. The molecule has 0 spiro atoms. The van der Waals surface area contributed by atoms with E-state index in [9.17, 15) is 19.4 Å². The molecule has 0 aliphatic carbocycles. The van der Waals surface area contributed by atoms with Gasteiger partial charge in [-0.2, -0.15) is 0 Å². The smallest absolute Gasteiger partial charge is 0.167 e. The molecule has 0 saturated carbocycles. The molecule has 202 valence electrons. The SMILES string of the molecule is Cc1c(F)cccc1[C@H]1[C@H](C(=O)c2cccc(O)c2)CN(CCOCCN(C)C)C[C@H]1c1cccc(O)c1. The molecular weight excluding hydrogens is 483 g/mol. The maximum atomic E-state index is 14.8. The molecule has 3 aromatic carbocycles. The highest BCUT2D eigenvalue weighted by Gasteiger charge is 2.43. The lowest BCUT2D eigenvalue weighted by atomic mass is 9.67. The highest BCUT2D eigenvalue weighted by atomic mass is 19.1. The van der Waals surface area contributed by atoms with Crippen molar-refractivity contribution in [3.63, 3.8) is 0 Å².